The Labute approximate surface area is 54.7 Å². The minimum Gasteiger partial charge on any atom is -0.259 e. The highest BCUT2D eigenvalue weighted by atomic mass is 35.5. The van der Waals surface area contributed by atoms with Gasteiger partial charge in [-0.05, 0) is 6.92 Å². The van der Waals surface area contributed by atoms with Crippen molar-refractivity contribution in [3.05, 3.63) is 0 Å². The lowest BCUT2D eigenvalue weighted by atomic mass is 10.9. The highest BCUT2D eigenvalue weighted by Crippen LogP contribution is 1.76. The Morgan fingerprint density at radius 1 is 1.62 bits per heavy atom. The van der Waals surface area contributed by atoms with Gasteiger partial charge >= 0.3 is 10.3 Å². The lowest BCUT2D eigenvalue weighted by Crippen LogP contribution is -2.15. The predicted octanol–water partition coefficient (Wildman–Crippen LogP) is -0.352. The fourth-order valence-corrected chi connectivity index (χ4v) is 0.493. The van der Waals surface area contributed by atoms with E-state index in [4.69, 9.17) is 0 Å². The molecule has 0 amide bonds. The molecule has 0 unspecified atom stereocenters. The van der Waals surface area contributed by atoms with E-state index >= 15 is 0 Å². The molecule has 0 saturated heterocycles. The molecule has 0 heterocycles. The molecule has 0 aromatic heterocycles. The highest BCUT2D eigenvalue weighted by molar-refractivity contribution is 7.84. The van der Waals surface area contributed by atoms with Gasteiger partial charge in [0, 0.05) is 0 Å². The van der Waals surface area contributed by atoms with Crippen LogP contribution in [0.1, 0.15) is 6.92 Å². The van der Waals surface area contributed by atoms with Crippen LogP contribution in [0.25, 0.3) is 0 Å². The van der Waals surface area contributed by atoms with E-state index in [0.717, 1.165) is 0 Å². The van der Waals surface area contributed by atoms with Crippen molar-refractivity contribution in [3.63, 3.8) is 0 Å². The van der Waals surface area contributed by atoms with E-state index in [1.54, 1.807) is 6.92 Å². The van der Waals surface area contributed by atoms with Gasteiger partial charge in [0.2, 0.25) is 0 Å². The third-order valence-electron chi connectivity index (χ3n) is 0.282. The van der Waals surface area contributed by atoms with Crippen molar-refractivity contribution < 1.29 is 12.6 Å². The van der Waals surface area contributed by atoms with E-state index in [1.807, 2.05) is 0 Å². The zero-order valence-corrected chi connectivity index (χ0v) is 5.96. The summed E-state index contributed by atoms with van der Waals surface area (Å²) >= 11 is 0. The summed E-state index contributed by atoms with van der Waals surface area (Å²) in [5.74, 6) is 0. The first-order valence-electron chi connectivity index (χ1n) is 1.73. The molecule has 0 aromatic rings. The molecule has 0 aliphatic rings. The molecule has 6 heteroatoms. The molecule has 8 heavy (non-hydrogen) atoms. The number of halogens is 1. The lowest BCUT2D eigenvalue weighted by Gasteiger charge is -1.90. The van der Waals surface area contributed by atoms with E-state index in [1.165, 1.54) is 0 Å². The summed E-state index contributed by atoms with van der Waals surface area (Å²) in [6, 6.07) is 0. The Bertz CT molecular complexity index is 130. The van der Waals surface area contributed by atoms with Crippen molar-refractivity contribution in [3.8, 4) is 0 Å². The molecule has 0 spiro atoms. The fraction of sp³-hybridized carbons (Fsp3) is 1.00. The van der Waals surface area contributed by atoms with Crippen molar-refractivity contribution in [1.82, 2.24) is 0 Å². The highest BCUT2D eigenvalue weighted by Gasteiger charge is 1.95. The molecule has 0 radical (unpaired) electrons. The maximum atomic E-state index is 9.79. The smallest absolute Gasteiger partial charge is 0.259 e. The Morgan fingerprint density at radius 3 is 2.00 bits per heavy atom. The largest absolute Gasteiger partial charge is 0.333 e. The van der Waals surface area contributed by atoms with Gasteiger partial charge in [-0.3, -0.25) is 4.18 Å². The molecule has 0 atom stereocenters. The topological polar surface area (TPSA) is 69.4 Å². The summed E-state index contributed by atoms with van der Waals surface area (Å²) < 4.78 is 23.6. The van der Waals surface area contributed by atoms with Crippen LogP contribution >= 0.6 is 12.4 Å². The monoisotopic (exact) mass is 161 g/mol. The minimum absolute atomic E-state index is 0. The van der Waals surface area contributed by atoms with Crippen LogP contribution in [0.15, 0.2) is 0 Å². The average molecular weight is 162 g/mol. The van der Waals surface area contributed by atoms with E-state index in [2.05, 4.69) is 9.32 Å². The minimum atomic E-state index is -3.67. The maximum absolute atomic E-state index is 9.79. The van der Waals surface area contributed by atoms with Gasteiger partial charge in [0.1, 0.15) is 0 Å². The van der Waals surface area contributed by atoms with Crippen LogP contribution < -0.4 is 5.14 Å². The zero-order valence-electron chi connectivity index (χ0n) is 4.33. The zero-order chi connectivity index (χ0) is 5.91. The normalized spacial score (nSPS) is 10.2. The molecule has 4 nitrogen and oxygen atoms in total. The van der Waals surface area contributed by atoms with Gasteiger partial charge in [0.05, 0.1) is 6.61 Å². The second kappa shape index (κ2) is 4.08. The lowest BCUT2D eigenvalue weighted by molar-refractivity contribution is 0.339. The van der Waals surface area contributed by atoms with Crippen molar-refractivity contribution in [1.29, 1.82) is 0 Å². The van der Waals surface area contributed by atoms with Crippen LogP contribution in [0.5, 0.6) is 0 Å². The van der Waals surface area contributed by atoms with Crippen LogP contribution in [0.4, 0.5) is 0 Å². The predicted molar refractivity (Wildman–Crippen MR) is 32.0 cm³/mol. The van der Waals surface area contributed by atoms with Gasteiger partial charge in [-0.2, -0.15) is 8.42 Å². The summed E-state index contributed by atoms with van der Waals surface area (Å²) in [6.07, 6.45) is 0. The molecule has 0 aromatic carbocycles. The quantitative estimate of drug-likeness (QED) is 0.602. The van der Waals surface area contributed by atoms with Crippen molar-refractivity contribution in [2.24, 2.45) is 5.14 Å². The van der Waals surface area contributed by atoms with Crippen LogP contribution in [0.3, 0.4) is 0 Å². The Hall–Kier alpha value is 0.160. The van der Waals surface area contributed by atoms with Gasteiger partial charge in [0.15, 0.2) is 0 Å². The molecule has 0 aliphatic carbocycles. The Morgan fingerprint density at radius 2 is 2.00 bits per heavy atom. The first kappa shape index (κ1) is 11.0. The van der Waals surface area contributed by atoms with Gasteiger partial charge in [-0.25, -0.2) is 5.14 Å². The number of rotatable bonds is 2. The average Bonchev–Trinajstić information content (AvgIpc) is 1.30. The molecule has 0 fully saturated rings. The Balaban J connectivity index is 0. The van der Waals surface area contributed by atoms with Crippen LogP contribution in [-0.4, -0.2) is 15.0 Å². The third kappa shape index (κ3) is 9.48. The SMILES string of the molecule is CCOS(N)(=O)=O.Cl. The maximum Gasteiger partial charge on any atom is 0.333 e. The second-order valence-electron chi connectivity index (χ2n) is 0.899. The summed E-state index contributed by atoms with van der Waals surface area (Å²) in [6.45, 7) is 1.64. The van der Waals surface area contributed by atoms with Gasteiger partial charge in [-0.15, -0.1) is 12.4 Å². The van der Waals surface area contributed by atoms with Crippen molar-refractivity contribution in [2.45, 2.75) is 6.92 Å². The molecule has 0 saturated carbocycles. The number of hydrogen-bond donors (Lipinski definition) is 1. The van der Waals surface area contributed by atoms with Crippen molar-refractivity contribution in [2.75, 3.05) is 6.61 Å². The number of hydrogen-bond acceptors (Lipinski definition) is 3. The van der Waals surface area contributed by atoms with Crippen LogP contribution in [0.2, 0.25) is 0 Å². The first-order valence-corrected chi connectivity index (χ1v) is 3.20. The summed E-state index contributed by atoms with van der Waals surface area (Å²) in [4.78, 5) is 0. The van der Waals surface area contributed by atoms with Crippen LogP contribution in [-0.2, 0) is 14.5 Å². The number of nitrogens with two attached hydrogens (primary N) is 1. The van der Waals surface area contributed by atoms with Gasteiger partial charge in [0.25, 0.3) is 0 Å². The molecule has 0 aliphatic heterocycles. The molecule has 2 N–H and O–H groups in total. The molecular formula is C2H8ClNO3S. The van der Waals surface area contributed by atoms with Gasteiger partial charge in [-0.1, -0.05) is 0 Å². The summed E-state index contributed by atoms with van der Waals surface area (Å²) in [5.41, 5.74) is 0. The van der Waals surface area contributed by atoms with Crippen LogP contribution in [0, 0.1) is 0 Å². The first-order chi connectivity index (χ1) is 3.06. The van der Waals surface area contributed by atoms with Crippen molar-refractivity contribution >= 4 is 22.7 Å². The fourth-order valence-electron chi connectivity index (χ4n) is 0.164. The Kier molecular flexibility index (Phi) is 5.62. The van der Waals surface area contributed by atoms with E-state index in [-0.39, 0.29) is 19.0 Å². The standard InChI is InChI=1S/C2H7NO3S.ClH/c1-2-6-7(3,4)5;/h2H2,1H3,(H2,3,4,5);1H. The van der Waals surface area contributed by atoms with Gasteiger partial charge < -0.3 is 0 Å². The molecule has 0 bridgehead atoms. The van der Waals surface area contributed by atoms with E-state index < -0.39 is 10.3 Å². The second-order valence-corrected chi connectivity index (χ2v) is 2.12. The summed E-state index contributed by atoms with van der Waals surface area (Å²) in [7, 11) is -3.67. The van der Waals surface area contributed by atoms with E-state index in [0.29, 0.717) is 0 Å². The molecule has 0 rings (SSSR count). The molecule has 52 valence electrons. The third-order valence-corrected chi connectivity index (χ3v) is 0.846. The molecular weight excluding hydrogens is 154 g/mol. The van der Waals surface area contributed by atoms with E-state index in [9.17, 15) is 8.42 Å². The summed E-state index contributed by atoms with van der Waals surface area (Å²) in [5, 5.41) is 4.40.